The van der Waals surface area contributed by atoms with Crippen LogP contribution in [0.3, 0.4) is 0 Å². The highest BCUT2D eigenvalue weighted by Gasteiger charge is 2.44. The number of ether oxygens (including phenoxy) is 2. The minimum Gasteiger partial charge on any atom is -0.462 e. The Balaban J connectivity index is 2.08. The van der Waals surface area contributed by atoms with Gasteiger partial charge in [0.1, 0.15) is 11.7 Å². The summed E-state index contributed by atoms with van der Waals surface area (Å²) in [6.45, 7) is 3.87. The lowest BCUT2D eigenvalue weighted by Gasteiger charge is -2.38. The van der Waals surface area contributed by atoms with Gasteiger partial charge in [-0.25, -0.2) is 0 Å². The molecular formula is C14H22O4. The van der Waals surface area contributed by atoms with Crippen LogP contribution in [0.4, 0.5) is 0 Å². The van der Waals surface area contributed by atoms with Crippen LogP contribution in [-0.2, 0) is 19.1 Å². The van der Waals surface area contributed by atoms with Crippen molar-refractivity contribution in [3.05, 3.63) is 0 Å². The zero-order valence-corrected chi connectivity index (χ0v) is 11.2. The first kappa shape index (κ1) is 13.4. The Morgan fingerprint density at radius 2 is 2.33 bits per heavy atom. The van der Waals surface area contributed by atoms with Crippen LogP contribution in [0.25, 0.3) is 0 Å². The standard InChI is InChI=1S/C14H22O4/c1-3-10(2)13(16)18-14-7-4-5-11(9-14)17-12(15)6-8-14/h10-11H,3-9H2,1-2H3. The van der Waals surface area contributed by atoms with E-state index in [0.29, 0.717) is 19.3 Å². The molecule has 0 aromatic rings. The lowest BCUT2D eigenvalue weighted by atomic mass is 9.80. The van der Waals surface area contributed by atoms with E-state index in [0.717, 1.165) is 25.7 Å². The van der Waals surface area contributed by atoms with Gasteiger partial charge in [-0.15, -0.1) is 0 Å². The van der Waals surface area contributed by atoms with E-state index in [4.69, 9.17) is 9.47 Å². The van der Waals surface area contributed by atoms with Gasteiger partial charge in [0, 0.05) is 12.8 Å². The molecule has 2 aliphatic rings. The van der Waals surface area contributed by atoms with Gasteiger partial charge in [0.2, 0.25) is 0 Å². The Morgan fingerprint density at radius 3 is 3.06 bits per heavy atom. The molecule has 2 rings (SSSR count). The average Bonchev–Trinajstić information content (AvgIpc) is 2.45. The van der Waals surface area contributed by atoms with Crippen molar-refractivity contribution >= 4 is 11.9 Å². The second-order valence-electron chi connectivity index (χ2n) is 5.62. The Labute approximate surface area is 108 Å². The normalized spacial score (nSPS) is 33.2. The summed E-state index contributed by atoms with van der Waals surface area (Å²) in [7, 11) is 0. The van der Waals surface area contributed by atoms with Gasteiger partial charge in [-0.1, -0.05) is 13.8 Å². The predicted octanol–water partition coefficient (Wildman–Crippen LogP) is 2.59. The minimum atomic E-state index is -0.449. The first-order chi connectivity index (χ1) is 8.54. The SMILES string of the molecule is CCC(C)C(=O)OC12CCCC(C1)OC(=O)CC2. The van der Waals surface area contributed by atoms with Gasteiger partial charge in [0.05, 0.1) is 5.92 Å². The molecule has 0 N–H and O–H groups in total. The number of rotatable bonds is 3. The molecule has 1 aliphatic carbocycles. The van der Waals surface area contributed by atoms with Crippen molar-refractivity contribution in [1.29, 1.82) is 0 Å². The molecule has 0 aromatic heterocycles. The fourth-order valence-corrected chi connectivity index (χ4v) is 2.80. The van der Waals surface area contributed by atoms with Crippen LogP contribution >= 0.6 is 0 Å². The molecule has 0 aromatic carbocycles. The fourth-order valence-electron chi connectivity index (χ4n) is 2.80. The minimum absolute atomic E-state index is 0.0570. The summed E-state index contributed by atoms with van der Waals surface area (Å²) in [5.41, 5.74) is -0.449. The second kappa shape index (κ2) is 5.29. The van der Waals surface area contributed by atoms with Crippen molar-refractivity contribution in [3.63, 3.8) is 0 Å². The molecule has 18 heavy (non-hydrogen) atoms. The van der Waals surface area contributed by atoms with Crippen LogP contribution in [0, 0.1) is 5.92 Å². The van der Waals surface area contributed by atoms with Gasteiger partial charge in [0.15, 0.2) is 0 Å². The number of esters is 2. The zero-order valence-electron chi connectivity index (χ0n) is 11.2. The molecule has 2 bridgehead atoms. The topological polar surface area (TPSA) is 52.6 Å². The van der Waals surface area contributed by atoms with Crippen LogP contribution in [0.5, 0.6) is 0 Å². The van der Waals surface area contributed by atoms with Crippen molar-refractivity contribution in [2.45, 2.75) is 70.5 Å². The Morgan fingerprint density at radius 1 is 1.56 bits per heavy atom. The zero-order chi connectivity index (χ0) is 13.2. The van der Waals surface area contributed by atoms with E-state index in [1.165, 1.54) is 0 Å². The van der Waals surface area contributed by atoms with Gasteiger partial charge in [-0.05, 0) is 32.1 Å². The molecule has 3 unspecified atom stereocenters. The van der Waals surface area contributed by atoms with E-state index in [9.17, 15) is 9.59 Å². The summed E-state index contributed by atoms with van der Waals surface area (Å²) >= 11 is 0. The maximum absolute atomic E-state index is 12.0. The lowest BCUT2D eigenvalue weighted by molar-refractivity contribution is -0.171. The smallest absolute Gasteiger partial charge is 0.309 e. The number of hydrogen-bond acceptors (Lipinski definition) is 4. The molecule has 1 saturated carbocycles. The summed E-state index contributed by atoms with van der Waals surface area (Å²) in [6.07, 6.45) is 5.12. The third kappa shape index (κ3) is 2.85. The number of carbonyl (C=O) groups is 2. The monoisotopic (exact) mass is 254 g/mol. The predicted molar refractivity (Wildman–Crippen MR) is 65.9 cm³/mol. The summed E-state index contributed by atoms with van der Waals surface area (Å²) in [6, 6.07) is 0. The first-order valence-electron chi connectivity index (χ1n) is 6.97. The van der Waals surface area contributed by atoms with Gasteiger partial charge in [-0.3, -0.25) is 9.59 Å². The van der Waals surface area contributed by atoms with E-state index in [2.05, 4.69) is 0 Å². The van der Waals surface area contributed by atoms with E-state index < -0.39 is 5.60 Å². The Hall–Kier alpha value is -1.06. The quantitative estimate of drug-likeness (QED) is 0.726. The number of hydrogen-bond donors (Lipinski definition) is 0. The first-order valence-corrected chi connectivity index (χ1v) is 6.97. The highest BCUT2D eigenvalue weighted by Crippen LogP contribution is 2.40. The molecule has 0 radical (unpaired) electrons. The number of carbonyl (C=O) groups excluding carboxylic acids is 2. The largest absolute Gasteiger partial charge is 0.462 e. The van der Waals surface area contributed by atoms with Crippen LogP contribution < -0.4 is 0 Å². The molecule has 4 heteroatoms. The van der Waals surface area contributed by atoms with Crippen molar-refractivity contribution in [3.8, 4) is 0 Å². The maximum atomic E-state index is 12.0. The second-order valence-corrected chi connectivity index (χ2v) is 5.62. The van der Waals surface area contributed by atoms with Crippen molar-refractivity contribution in [1.82, 2.24) is 0 Å². The maximum Gasteiger partial charge on any atom is 0.309 e. The molecule has 0 amide bonds. The molecule has 1 saturated heterocycles. The highest BCUT2D eigenvalue weighted by molar-refractivity contribution is 5.73. The molecule has 1 heterocycles. The van der Waals surface area contributed by atoms with Crippen molar-refractivity contribution in [2.75, 3.05) is 0 Å². The van der Waals surface area contributed by atoms with Crippen molar-refractivity contribution < 1.29 is 19.1 Å². The van der Waals surface area contributed by atoms with Gasteiger partial charge >= 0.3 is 11.9 Å². The molecule has 4 nitrogen and oxygen atoms in total. The van der Waals surface area contributed by atoms with Gasteiger partial charge in [-0.2, -0.15) is 0 Å². The summed E-state index contributed by atoms with van der Waals surface area (Å²) in [5.74, 6) is -0.351. The lowest BCUT2D eigenvalue weighted by Crippen LogP contribution is -2.42. The van der Waals surface area contributed by atoms with Crippen LogP contribution in [0.15, 0.2) is 0 Å². The van der Waals surface area contributed by atoms with E-state index in [1.807, 2.05) is 13.8 Å². The van der Waals surface area contributed by atoms with Crippen LogP contribution in [0.1, 0.15) is 58.8 Å². The van der Waals surface area contributed by atoms with Gasteiger partial charge in [0.25, 0.3) is 0 Å². The molecule has 0 spiro atoms. The summed E-state index contributed by atoms with van der Waals surface area (Å²) < 4.78 is 11.1. The summed E-state index contributed by atoms with van der Waals surface area (Å²) in [5, 5.41) is 0. The van der Waals surface area contributed by atoms with E-state index in [-0.39, 0.29) is 24.0 Å². The Kier molecular flexibility index (Phi) is 3.93. The molecular weight excluding hydrogens is 232 g/mol. The molecule has 102 valence electrons. The third-order valence-corrected chi connectivity index (χ3v) is 4.17. The third-order valence-electron chi connectivity index (χ3n) is 4.17. The van der Waals surface area contributed by atoms with Gasteiger partial charge < -0.3 is 9.47 Å². The molecule has 2 fully saturated rings. The highest BCUT2D eigenvalue weighted by atomic mass is 16.6. The van der Waals surface area contributed by atoms with Crippen LogP contribution in [-0.4, -0.2) is 23.6 Å². The van der Waals surface area contributed by atoms with E-state index >= 15 is 0 Å². The molecule has 1 aliphatic heterocycles. The van der Waals surface area contributed by atoms with Crippen molar-refractivity contribution in [2.24, 2.45) is 5.92 Å². The summed E-state index contributed by atoms with van der Waals surface area (Å²) in [4.78, 5) is 23.5. The fraction of sp³-hybridized carbons (Fsp3) is 0.857. The average molecular weight is 254 g/mol. The van der Waals surface area contributed by atoms with E-state index in [1.54, 1.807) is 0 Å². The molecule has 3 atom stereocenters. The van der Waals surface area contributed by atoms with Crippen LogP contribution in [0.2, 0.25) is 0 Å². The number of fused-ring (bicyclic) bond motifs is 2. The Bertz CT molecular complexity index is 339.